The van der Waals surface area contributed by atoms with Crippen LogP contribution in [0, 0.1) is 20.8 Å². The Labute approximate surface area is 168 Å². The van der Waals surface area contributed by atoms with Crippen molar-refractivity contribution < 1.29 is 14.3 Å². The number of amides is 1. The molecule has 146 valence electrons. The molecule has 0 radical (unpaired) electrons. The van der Waals surface area contributed by atoms with Crippen LogP contribution in [0.5, 0.6) is 0 Å². The molecular weight excluding hydrogens is 374 g/mol. The van der Waals surface area contributed by atoms with Gasteiger partial charge < -0.3 is 15.0 Å². The van der Waals surface area contributed by atoms with E-state index >= 15 is 0 Å². The molecule has 0 aliphatic carbocycles. The van der Waals surface area contributed by atoms with Gasteiger partial charge in [-0.05, 0) is 39.3 Å². The molecule has 1 amide bonds. The van der Waals surface area contributed by atoms with Gasteiger partial charge in [0, 0.05) is 28.0 Å². The number of ether oxygens (including phenoxy) is 1. The maximum absolute atomic E-state index is 12.4. The summed E-state index contributed by atoms with van der Waals surface area (Å²) in [6.45, 7) is 7.77. The van der Waals surface area contributed by atoms with Gasteiger partial charge in [-0.15, -0.1) is 11.3 Å². The van der Waals surface area contributed by atoms with Crippen LogP contribution in [-0.4, -0.2) is 28.5 Å². The first-order valence-corrected chi connectivity index (χ1v) is 9.95. The number of nitrogens with one attached hydrogen (secondary N) is 2. The second kappa shape index (κ2) is 8.39. The zero-order valence-electron chi connectivity index (χ0n) is 16.4. The number of carbonyl (C=O) groups excluding carboxylic acids is 2. The lowest BCUT2D eigenvalue weighted by atomic mass is 10.1. The molecule has 0 aliphatic rings. The highest BCUT2D eigenvalue weighted by atomic mass is 32.1. The maximum Gasteiger partial charge on any atom is 0.340 e. The minimum absolute atomic E-state index is 0.122. The lowest BCUT2D eigenvalue weighted by Gasteiger charge is -2.07. The number of carbonyl (C=O) groups is 2. The third-order valence-electron chi connectivity index (χ3n) is 4.39. The van der Waals surface area contributed by atoms with Gasteiger partial charge in [0.25, 0.3) is 0 Å². The fourth-order valence-corrected chi connectivity index (χ4v) is 3.90. The fraction of sp³-hybridized carbons (Fsp3) is 0.286. The summed E-state index contributed by atoms with van der Waals surface area (Å²) in [4.78, 5) is 32.5. The number of H-pyrrole nitrogens is 1. The average molecular weight is 398 g/mol. The number of para-hydroxylation sites is 1. The second-order valence-electron chi connectivity index (χ2n) is 6.51. The van der Waals surface area contributed by atoms with Crippen molar-refractivity contribution in [3.05, 3.63) is 57.2 Å². The smallest absolute Gasteiger partial charge is 0.340 e. The number of aromatic amines is 1. The number of nitrogens with zero attached hydrogens (tertiary/aromatic N) is 1. The van der Waals surface area contributed by atoms with Crippen molar-refractivity contribution in [3.63, 3.8) is 0 Å². The van der Waals surface area contributed by atoms with Crippen LogP contribution >= 0.6 is 11.3 Å². The molecule has 2 aromatic heterocycles. The van der Waals surface area contributed by atoms with Crippen molar-refractivity contribution in [2.75, 3.05) is 11.9 Å². The molecule has 0 atom stereocenters. The van der Waals surface area contributed by atoms with Gasteiger partial charge in [0.05, 0.1) is 24.3 Å². The van der Waals surface area contributed by atoms with E-state index in [-0.39, 0.29) is 18.3 Å². The minimum atomic E-state index is -0.369. The molecule has 2 N–H and O–H groups in total. The van der Waals surface area contributed by atoms with E-state index in [1.807, 2.05) is 50.4 Å². The molecule has 3 rings (SSSR count). The third-order valence-corrected chi connectivity index (χ3v) is 5.24. The number of esters is 1. The van der Waals surface area contributed by atoms with Gasteiger partial charge >= 0.3 is 5.97 Å². The molecule has 0 unspecified atom stereocenters. The second-order valence-corrected chi connectivity index (χ2v) is 7.45. The van der Waals surface area contributed by atoms with Crippen LogP contribution in [0.25, 0.3) is 11.3 Å². The molecule has 0 spiro atoms. The van der Waals surface area contributed by atoms with E-state index < -0.39 is 0 Å². The van der Waals surface area contributed by atoms with Gasteiger partial charge in [0.15, 0.2) is 0 Å². The summed E-state index contributed by atoms with van der Waals surface area (Å²) in [6, 6.07) is 7.64. The molecule has 0 bridgehead atoms. The summed E-state index contributed by atoms with van der Waals surface area (Å²) < 4.78 is 5.19. The van der Waals surface area contributed by atoms with Crippen LogP contribution < -0.4 is 5.32 Å². The Morgan fingerprint density at radius 2 is 1.93 bits per heavy atom. The number of aryl methyl sites for hydroxylation is 3. The first-order chi connectivity index (χ1) is 13.4. The van der Waals surface area contributed by atoms with Crippen LogP contribution in [0.2, 0.25) is 0 Å². The van der Waals surface area contributed by atoms with Crippen LogP contribution in [0.15, 0.2) is 29.6 Å². The number of aromatic nitrogens is 2. The summed E-state index contributed by atoms with van der Waals surface area (Å²) >= 11 is 1.40. The van der Waals surface area contributed by atoms with E-state index in [0.29, 0.717) is 22.9 Å². The minimum Gasteiger partial charge on any atom is -0.462 e. The summed E-state index contributed by atoms with van der Waals surface area (Å²) in [5.74, 6) is -0.492. The summed E-state index contributed by atoms with van der Waals surface area (Å²) in [5.41, 5.74) is 5.31. The van der Waals surface area contributed by atoms with E-state index in [9.17, 15) is 9.59 Å². The van der Waals surface area contributed by atoms with E-state index in [1.165, 1.54) is 11.3 Å². The van der Waals surface area contributed by atoms with Crippen molar-refractivity contribution >= 4 is 28.9 Å². The van der Waals surface area contributed by atoms with E-state index in [0.717, 1.165) is 28.2 Å². The van der Waals surface area contributed by atoms with Gasteiger partial charge in [-0.3, -0.25) is 4.79 Å². The van der Waals surface area contributed by atoms with Crippen LogP contribution in [0.4, 0.5) is 5.69 Å². The highest BCUT2D eigenvalue weighted by Gasteiger charge is 2.23. The SMILES string of the molecule is CCOC(=O)c1c(C)[nH]c(C)c1-c1csc(CC(=O)Nc2ccccc2C)n1. The van der Waals surface area contributed by atoms with Crippen molar-refractivity contribution in [2.24, 2.45) is 0 Å². The summed E-state index contributed by atoms with van der Waals surface area (Å²) in [6.07, 6.45) is 0.177. The number of rotatable bonds is 6. The molecule has 7 heteroatoms. The van der Waals surface area contributed by atoms with Crippen molar-refractivity contribution in [2.45, 2.75) is 34.1 Å². The van der Waals surface area contributed by atoms with Gasteiger partial charge in [0.1, 0.15) is 5.01 Å². The first-order valence-electron chi connectivity index (χ1n) is 9.07. The normalized spacial score (nSPS) is 10.7. The Morgan fingerprint density at radius 3 is 2.64 bits per heavy atom. The Hall–Kier alpha value is -2.93. The highest BCUT2D eigenvalue weighted by Crippen LogP contribution is 2.31. The average Bonchev–Trinajstić information content (AvgIpc) is 3.20. The first kappa shape index (κ1) is 19.8. The van der Waals surface area contributed by atoms with Crippen molar-refractivity contribution in [3.8, 4) is 11.3 Å². The van der Waals surface area contributed by atoms with Gasteiger partial charge in [-0.2, -0.15) is 0 Å². The Kier molecular flexibility index (Phi) is 5.94. The predicted octanol–water partition coefficient (Wildman–Crippen LogP) is 4.42. The Morgan fingerprint density at radius 1 is 1.18 bits per heavy atom. The van der Waals surface area contributed by atoms with E-state index in [1.54, 1.807) is 6.92 Å². The molecule has 3 aromatic rings. The standard InChI is InChI=1S/C21H23N3O3S/c1-5-27-21(26)20-14(4)22-13(3)19(20)16-11-28-18(24-16)10-17(25)23-15-9-7-6-8-12(15)2/h6-9,11,22H,5,10H2,1-4H3,(H,23,25). The quantitative estimate of drug-likeness (QED) is 0.603. The topological polar surface area (TPSA) is 84.1 Å². The van der Waals surface area contributed by atoms with Crippen LogP contribution in [0.1, 0.15) is 39.2 Å². The zero-order chi connectivity index (χ0) is 20.3. The number of hydrogen-bond donors (Lipinski definition) is 2. The lowest BCUT2D eigenvalue weighted by molar-refractivity contribution is -0.115. The zero-order valence-corrected chi connectivity index (χ0v) is 17.2. The lowest BCUT2D eigenvalue weighted by Crippen LogP contribution is -2.15. The molecule has 0 aliphatic heterocycles. The molecule has 0 saturated heterocycles. The molecule has 0 saturated carbocycles. The van der Waals surface area contributed by atoms with Crippen molar-refractivity contribution in [1.29, 1.82) is 0 Å². The molecule has 28 heavy (non-hydrogen) atoms. The Bertz CT molecular complexity index is 1020. The van der Waals surface area contributed by atoms with Gasteiger partial charge in [-0.1, -0.05) is 18.2 Å². The number of hydrogen-bond acceptors (Lipinski definition) is 5. The Balaban J connectivity index is 1.80. The van der Waals surface area contributed by atoms with Gasteiger partial charge in [0.2, 0.25) is 5.91 Å². The van der Waals surface area contributed by atoms with E-state index in [2.05, 4.69) is 15.3 Å². The number of anilines is 1. The molecule has 1 aromatic carbocycles. The van der Waals surface area contributed by atoms with Crippen molar-refractivity contribution in [1.82, 2.24) is 9.97 Å². The predicted molar refractivity (Wildman–Crippen MR) is 111 cm³/mol. The number of thiazole rings is 1. The third kappa shape index (κ3) is 4.14. The van der Waals surface area contributed by atoms with Crippen LogP contribution in [0.3, 0.4) is 0 Å². The maximum atomic E-state index is 12.4. The molecular formula is C21H23N3O3S. The summed E-state index contributed by atoms with van der Waals surface area (Å²) in [5, 5.41) is 5.48. The highest BCUT2D eigenvalue weighted by molar-refractivity contribution is 7.10. The van der Waals surface area contributed by atoms with Crippen LogP contribution in [-0.2, 0) is 16.0 Å². The molecule has 0 fully saturated rings. The largest absolute Gasteiger partial charge is 0.462 e. The monoisotopic (exact) mass is 397 g/mol. The van der Waals surface area contributed by atoms with E-state index in [4.69, 9.17) is 4.74 Å². The fourth-order valence-electron chi connectivity index (χ4n) is 3.11. The molecule has 2 heterocycles. The number of benzene rings is 1. The summed E-state index contributed by atoms with van der Waals surface area (Å²) in [7, 11) is 0. The van der Waals surface area contributed by atoms with Gasteiger partial charge in [-0.25, -0.2) is 9.78 Å². The molecule has 6 nitrogen and oxygen atoms in total.